The third kappa shape index (κ3) is 5.26. The normalized spacial score (nSPS) is 11.4. The van der Waals surface area contributed by atoms with Gasteiger partial charge in [-0.25, -0.2) is 4.79 Å². The number of aromatic nitrogens is 1. The van der Waals surface area contributed by atoms with Crippen LogP contribution in [0.15, 0.2) is 79.1 Å². The number of ketones is 1. The minimum absolute atomic E-state index is 0.0791. The Morgan fingerprint density at radius 1 is 0.897 bits per heavy atom. The summed E-state index contributed by atoms with van der Waals surface area (Å²) in [5, 5.41) is 0. The van der Waals surface area contributed by atoms with Gasteiger partial charge in [-0.3, -0.25) is 9.78 Å². The minimum Gasteiger partial charge on any atom is -0.422 e. The summed E-state index contributed by atoms with van der Waals surface area (Å²) in [5.41, 5.74) is 2.94. The summed E-state index contributed by atoms with van der Waals surface area (Å²) in [5.74, 6) is -0.538. The van der Waals surface area contributed by atoms with Crippen LogP contribution >= 0.6 is 0 Å². The van der Waals surface area contributed by atoms with Gasteiger partial charge in [-0.2, -0.15) is 0 Å². The highest BCUT2D eigenvalue weighted by Gasteiger charge is 2.15. The molecule has 29 heavy (non-hydrogen) atoms. The average molecular weight is 385 g/mol. The molecule has 0 spiro atoms. The van der Waals surface area contributed by atoms with Gasteiger partial charge in [-0.15, -0.1) is 0 Å². The lowest BCUT2D eigenvalue weighted by molar-refractivity contribution is 0.0733. The van der Waals surface area contributed by atoms with Gasteiger partial charge in [0, 0.05) is 12.4 Å². The largest absolute Gasteiger partial charge is 0.422 e. The maximum Gasteiger partial charge on any atom is 0.343 e. The minimum atomic E-state index is -0.533. The number of esters is 1. The average Bonchev–Trinajstić information content (AvgIpc) is 2.72. The summed E-state index contributed by atoms with van der Waals surface area (Å²) < 4.78 is 5.44. The van der Waals surface area contributed by atoms with Crippen molar-refractivity contribution in [3.05, 3.63) is 101 Å². The van der Waals surface area contributed by atoms with Crippen LogP contribution in [0.5, 0.6) is 5.75 Å². The Hall–Kier alpha value is -3.53. The first-order valence-corrected chi connectivity index (χ1v) is 9.39. The van der Waals surface area contributed by atoms with Crippen molar-refractivity contribution < 1.29 is 14.3 Å². The SMILES string of the molecule is CC(C)(C)c1ccc(/C=C/C(=O)c2ccccc2OC(=O)c2ccncc2)cc1. The third-order valence-corrected chi connectivity index (χ3v) is 4.48. The van der Waals surface area contributed by atoms with Crippen LogP contribution in [-0.4, -0.2) is 16.7 Å². The highest BCUT2D eigenvalue weighted by atomic mass is 16.5. The molecule has 1 heterocycles. The molecule has 1 aromatic heterocycles. The number of nitrogens with zero attached hydrogens (tertiary/aromatic N) is 1. The van der Waals surface area contributed by atoms with Gasteiger partial charge in [0.25, 0.3) is 0 Å². The first-order chi connectivity index (χ1) is 13.8. The van der Waals surface area contributed by atoms with Crippen LogP contribution in [-0.2, 0) is 5.41 Å². The standard InChI is InChI=1S/C25H23NO3/c1-25(2,3)20-11-8-18(9-12-20)10-13-22(27)21-6-4-5-7-23(21)29-24(28)19-14-16-26-17-15-19/h4-17H,1-3H3/b13-10+. The van der Waals surface area contributed by atoms with E-state index in [1.807, 2.05) is 12.1 Å². The van der Waals surface area contributed by atoms with Crippen LogP contribution in [0.25, 0.3) is 6.08 Å². The molecule has 4 heteroatoms. The van der Waals surface area contributed by atoms with Crippen molar-refractivity contribution >= 4 is 17.8 Å². The van der Waals surface area contributed by atoms with Crippen LogP contribution in [0.4, 0.5) is 0 Å². The fourth-order valence-electron chi connectivity index (χ4n) is 2.76. The van der Waals surface area contributed by atoms with Gasteiger partial charge >= 0.3 is 5.97 Å². The Morgan fingerprint density at radius 3 is 2.21 bits per heavy atom. The molecule has 0 fully saturated rings. The molecule has 0 saturated carbocycles. The molecule has 0 radical (unpaired) electrons. The van der Waals surface area contributed by atoms with Gasteiger partial charge in [-0.1, -0.05) is 63.2 Å². The lowest BCUT2D eigenvalue weighted by Gasteiger charge is -2.18. The Labute approximate surface area is 170 Å². The van der Waals surface area contributed by atoms with Crippen LogP contribution < -0.4 is 4.74 Å². The molecular weight excluding hydrogens is 362 g/mol. The van der Waals surface area contributed by atoms with Crippen molar-refractivity contribution in [2.24, 2.45) is 0 Å². The van der Waals surface area contributed by atoms with Gasteiger partial charge in [0.1, 0.15) is 5.75 Å². The molecule has 0 aliphatic carbocycles. The van der Waals surface area contributed by atoms with Gasteiger partial charge in [0.05, 0.1) is 11.1 Å². The Balaban J connectivity index is 1.76. The van der Waals surface area contributed by atoms with Crippen LogP contribution in [0.1, 0.15) is 52.6 Å². The van der Waals surface area contributed by atoms with Gasteiger partial charge < -0.3 is 4.74 Å². The van der Waals surface area contributed by atoms with Gasteiger partial charge in [0.15, 0.2) is 5.78 Å². The summed E-state index contributed by atoms with van der Waals surface area (Å²) >= 11 is 0. The van der Waals surface area contributed by atoms with E-state index in [0.29, 0.717) is 11.1 Å². The molecule has 0 aliphatic rings. The molecule has 0 unspecified atom stereocenters. The Morgan fingerprint density at radius 2 is 1.55 bits per heavy atom. The predicted octanol–water partition coefficient (Wildman–Crippen LogP) is 5.49. The summed E-state index contributed by atoms with van der Waals surface area (Å²) in [6.45, 7) is 6.47. The number of para-hydroxylation sites is 1. The molecule has 2 aromatic carbocycles. The van der Waals surface area contributed by atoms with E-state index in [9.17, 15) is 9.59 Å². The summed E-state index contributed by atoms with van der Waals surface area (Å²) in [4.78, 5) is 28.9. The number of ether oxygens (including phenoxy) is 1. The topological polar surface area (TPSA) is 56.3 Å². The molecule has 4 nitrogen and oxygen atoms in total. The molecule has 3 rings (SSSR count). The molecule has 146 valence electrons. The quantitative estimate of drug-likeness (QED) is 0.252. The predicted molar refractivity (Wildman–Crippen MR) is 114 cm³/mol. The highest BCUT2D eigenvalue weighted by Crippen LogP contribution is 2.23. The van der Waals surface area contributed by atoms with E-state index < -0.39 is 5.97 Å². The van der Waals surface area contributed by atoms with Crippen LogP contribution in [0, 0.1) is 0 Å². The lowest BCUT2D eigenvalue weighted by atomic mass is 9.87. The van der Waals surface area contributed by atoms with E-state index in [-0.39, 0.29) is 16.9 Å². The number of hydrogen-bond donors (Lipinski definition) is 0. The zero-order valence-corrected chi connectivity index (χ0v) is 16.8. The van der Waals surface area contributed by atoms with Gasteiger partial charge in [-0.05, 0) is 46.9 Å². The zero-order chi connectivity index (χ0) is 20.9. The van der Waals surface area contributed by atoms with Crippen molar-refractivity contribution in [2.45, 2.75) is 26.2 Å². The number of rotatable bonds is 5. The van der Waals surface area contributed by atoms with Crippen molar-refractivity contribution in [3.8, 4) is 5.75 Å². The number of benzene rings is 2. The Bertz CT molecular complexity index is 1030. The van der Waals surface area contributed by atoms with E-state index in [0.717, 1.165) is 5.56 Å². The van der Waals surface area contributed by atoms with Crippen molar-refractivity contribution in [1.82, 2.24) is 4.98 Å². The van der Waals surface area contributed by atoms with E-state index in [1.54, 1.807) is 42.5 Å². The van der Waals surface area contributed by atoms with E-state index >= 15 is 0 Å². The van der Waals surface area contributed by atoms with Gasteiger partial charge in [0.2, 0.25) is 0 Å². The van der Waals surface area contributed by atoms with E-state index in [2.05, 4.69) is 37.9 Å². The second-order valence-electron chi connectivity index (χ2n) is 7.69. The summed E-state index contributed by atoms with van der Waals surface area (Å²) in [6, 6.07) is 17.9. The lowest BCUT2D eigenvalue weighted by Crippen LogP contribution is -2.11. The maximum atomic E-state index is 12.7. The maximum absolute atomic E-state index is 12.7. The molecule has 3 aromatic rings. The van der Waals surface area contributed by atoms with E-state index in [4.69, 9.17) is 4.74 Å². The summed E-state index contributed by atoms with van der Waals surface area (Å²) in [6.07, 6.45) is 6.28. The fourth-order valence-corrected chi connectivity index (χ4v) is 2.76. The summed E-state index contributed by atoms with van der Waals surface area (Å²) in [7, 11) is 0. The third-order valence-electron chi connectivity index (χ3n) is 4.48. The van der Waals surface area contributed by atoms with Crippen LogP contribution in [0.2, 0.25) is 0 Å². The van der Waals surface area contributed by atoms with Crippen molar-refractivity contribution in [3.63, 3.8) is 0 Å². The molecule has 0 amide bonds. The smallest absolute Gasteiger partial charge is 0.343 e. The first-order valence-electron chi connectivity index (χ1n) is 9.39. The van der Waals surface area contributed by atoms with Crippen LogP contribution in [0.3, 0.4) is 0 Å². The molecular formula is C25H23NO3. The fraction of sp³-hybridized carbons (Fsp3) is 0.160. The molecule has 0 aliphatic heterocycles. The number of carbonyl (C=O) groups excluding carboxylic acids is 2. The number of hydrogen-bond acceptors (Lipinski definition) is 4. The number of carbonyl (C=O) groups is 2. The number of allylic oxidation sites excluding steroid dienone is 1. The Kier molecular flexibility index (Phi) is 6.03. The molecule has 0 N–H and O–H groups in total. The molecule has 0 saturated heterocycles. The number of pyridine rings is 1. The molecule has 0 atom stereocenters. The monoisotopic (exact) mass is 385 g/mol. The highest BCUT2D eigenvalue weighted by molar-refractivity contribution is 6.09. The second-order valence-corrected chi connectivity index (χ2v) is 7.69. The van der Waals surface area contributed by atoms with E-state index in [1.165, 1.54) is 24.0 Å². The second kappa shape index (κ2) is 8.65. The zero-order valence-electron chi connectivity index (χ0n) is 16.8. The van der Waals surface area contributed by atoms with Crippen molar-refractivity contribution in [2.75, 3.05) is 0 Å². The van der Waals surface area contributed by atoms with Crippen molar-refractivity contribution in [1.29, 1.82) is 0 Å². The first kappa shape index (κ1) is 20.2. The molecule has 0 bridgehead atoms.